The Hall–Kier alpha value is -6.60. The molecule has 0 heterocycles. The number of thioether (sulfide) groups is 1. The molecule has 6 nitrogen and oxygen atoms in total. The van der Waals surface area contributed by atoms with E-state index in [0.717, 1.165) is 0 Å². The van der Waals surface area contributed by atoms with Crippen molar-refractivity contribution >= 4 is 22.9 Å². The maximum absolute atomic E-state index is 15.7. The minimum Gasteiger partial charge on any atom is -0.203 e. The summed E-state index contributed by atoms with van der Waals surface area (Å²) in [4.78, 5) is 3.76. The van der Waals surface area contributed by atoms with Crippen LogP contribution in [0.4, 0.5) is 48.3 Å². The molecule has 0 atom stereocenters. The summed E-state index contributed by atoms with van der Waals surface area (Å²) >= 11 is -1.55. The van der Waals surface area contributed by atoms with Crippen LogP contribution in [0.3, 0.4) is 0 Å². The van der Waals surface area contributed by atoms with Crippen molar-refractivity contribution < 1.29 is 48.3 Å². The molecular weight excluding hydrogens is 733 g/mol. The maximum Gasteiger partial charge on any atom is 0.523 e. The Labute approximate surface area is 287 Å². The van der Waals surface area contributed by atoms with Crippen LogP contribution < -0.4 is 10.4 Å². The third kappa shape index (κ3) is 5.21. The molecule has 2 aliphatic carbocycles. The second-order valence-corrected chi connectivity index (χ2v) is 11.7. The molecular formula is C34H7F11N6S. The maximum atomic E-state index is 15.7. The highest BCUT2D eigenvalue weighted by Gasteiger charge is 2.42. The van der Waals surface area contributed by atoms with Gasteiger partial charge in [0.25, 0.3) is 0 Å². The van der Waals surface area contributed by atoms with Crippen molar-refractivity contribution in [1.82, 2.24) is 0 Å². The Balaban J connectivity index is 2.17. The summed E-state index contributed by atoms with van der Waals surface area (Å²) in [6, 6.07) is 5.91. The number of rotatable bonds is 3. The quantitative estimate of drug-likeness (QED) is 0.0918. The first-order valence-corrected chi connectivity index (χ1v) is 14.5. The lowest BCUT2D eigenvalue weighted by molar-refractivity contribution is -0.0331. The topological polar surface area (TPSA) is 104 Å². The third-order valence-electron chi connectivity index (χ3n) is 8.17. The number of benzene rings is 3. The second kappa shape index (κ2) is 12.9. The van der Waals surface area contributed by atoms with Crippen molar-refractivity contribution in [2.75, 3.05) is 0 Å². The fourth-order valence-corrected chi connectivity index (χ4v) is 6.70. The van der Waals surface area contributed by atoms with Crippen LogP contribution >= 0.6 is 11.8 Å². The smallest absolute Gasteiger partial charge is 0.203 e. The predicted octanol–water partition coefficient (Wildman–Crippen LogP) is 7.37. The molecule has 0 bridgehead atoms. The number of nitrogens with zero attached hydrogens (tertiary/aromatic N) is 6. The van der Waals surface area contributed by atoms with Crippen LogP contribution in [0.5, 0.6) is 0 Å². The van der Waals surface area contributed by atoms with E-state index >= 15 is 26.3 Å². The van der Waals surface area contributed by atoms with Gasteiger partial charge in [0.15, 0.2) is 46.5 Å². The van der Waals surface area contributed by atoms with Gasteiger partial charge in [-0.05, 0) is 47.4 Å². The van der Waals surface area contributed by atoms with Crippen LogP contribution in [0, 0.1) is 112 Å². The van der Waals surface area contributed by atoms with Gasteiger partial charge in [0.05, 0.1) is 32.7 Å². The van der Waals surface area contributed by atoms with Crippen LogP contribution in [-0.4, -0.2) is 5.51 Å². The third-order valence-corrected chi connectivity index (χ3v) is 8.97. The average molecular weight is 741 g/mol. The van der Waals surface area contributed by atoms with Crippen LogP contribution in [0.1, 0.15) is 38.9 Å². The van der Waals surface area contributed by atoms with Gasteiger partial charge in [-0.15, -0.1) is 0 Å². The lowest BCUT2D eigenvalue weighted by Gasteiger charge is -2.15. The highest BCUT2D eigenvalue weighted by molar-refractivity contribution is 8.00. The van der Waals surface area contributed by atoms with Gasteiger partial charge in [-0.2, -0.15) is 43.9 Å². The Morgan fingerprint density at radius 2 is 1.02 bits per heavy atom. The molecule has 0 spiro atoms. The van der Waals surface area contributed by atoms with Crippen molar-refractivity contribution in [2.24, 2.45) is 0 Å². The van der Waals surface area contributed by atoms with E-state index in [1.807, 2.05) is 0 Å². The van der Waals surface area contributed by atoms with Gasteiger partial charge in [-0.25, -0.2) is 35.1 Å². The molecule has 0 fully saturated rings. The molecule has 0 aromatic heterocycles. The summed E-state index contributed by atoms with van der Waals surface area (Å²) in [5, 5.41) is 38.7. The lowest BCUT2D eigenvalue weighted by Crippen LogP contribution is -2.27. The van der Waals surface area contributed by atoms with Gasteiger partial charge >= 0.3 is 11.3 Å². The average Bonchev–Trinajstić information content (AvgIpc) is 3.67. The second-order valence-electron chi connectivity index (χ2n) is 10.7. The van der Waals surface area contributed by atoms with Gasteiger partial charge in [-0.3, -0.25) is 0 Å². The Kier molecular flexibility index (Phi) is 9.12. The van der Waals surface area contributed by atoms with E-state index in [0.29, 0.717) is 6.92 Å². The summed E-state index contributed by atoms with van der Waals surface area (Å²) in [5.41, 5.74) is -17.3. The minimum absolute atomic E-state index is 0.562. The van der Waals surface area contributed by atoms with Crippen LogP contribution in [-0.2, 0) is 12.8 Å². The normalized spacial score (nSPS) is 13.0. The Bertz CT molecular complexity index is 2610. The Morgan fingerprint density at radius 1 is 0.635 bits per heavy atom. The number of alkyl halides is 3. The van der Waals surface area contributed by atoms with Crippen molar-refractivity contribution in [3.63, 3.8) is 0 Å². The van der Waals surface area contributed by atoms with E-state index in [-0.39, 0.29) is 0 Å². The number of allylic oxidation sites excluding steroid dienone is 3. The standard InChI is InChI=1S/C34H7F11N6S/c1-10-24(35)26(37)23(27(38)25(10)36)21-15(33(50-2)51-3)5-14-17(9-49)18-13(16(8-48)19(14)21)4-12(11(6-46)7-47)20(18)22-28(39)30(41)32(31(42)29(22)40)52-34(43,44)45/h4-5H2,1H3. The fraction of sp³-hybridized carbons (Fsp3) is 0.118. The zero-order valence-corrected chi connectivity index (χ0v) is 26.0. The number of fused-ring (bicyclic) bond motifs is 2. The minimum atomic E-state index is -5.46. The van der Waals surface area contributed by atoms with E-state index in [1.54, 1.807) is 12.1 Å². The van der Waals surface area contributed by atoms with E-state index in [1.165, 1.54) is 12.1 Å². The van der Waals surface area contributed by atoms with Gasteiger partial charge in [-0.1, -0.05) is 0 Å². The monoisotopic (exact) mass is 740 g/mol. The molecule has 0 aliphatic heterocycles. The van der Waals surface area contributed by atoms with Crippen molar-refractivity contribution in [3.8, 4) is 24.3 Å². The van der Waals surface area contributed by atoms with Crippen LogP contribution in [0.25, 0.3) is 20.8 Å². The molecule has 256 valence electrons. The summed E-state index contributed by atoms with van der Waals surface area (Å²) in [6.07, 6.45) is -1.88. The molecule has 0 saturated heterocycles. The number of hydrogen-bond donors (Lipinski definition) is 0. The van der Waals surface area contributed by atoms with Crippen molar-refractivity contribution in [2.45, 2.75) is 30.2 Å². The molecule has 0 amide bonds. The molecule has 2 aliphatic rings. The van der Waals surface area contributed by atoms with Gasteiger partial charge in [0, 0.05) is 28.0 Å². The molecule has 3 aromatic rings. The van der Waals surface area contributed by atoms with Gasteiger partial charge in [0.2, 0.25) is 0 Å². The van der Waals surface area contributed by atoms with E-state index in [2.05, 4.69) is 9.69 Å². The van der Waals surface area contributed by atoms with Crippen molar-refractivity contribution in [1.29, 1.82) is 21.0 Å². The number of halogens is 11. The molecule has 52 heavy (non-hydrogen) atoms. The summed E-state index contributed by atoms with van der Waals surface area (Å²) in [5.74, 6) is -19.0. The van der Waals surface area contributed by atoms with Crippen LogP contribution in [0.2, 0.25) is 0 Å². The number of hydrogen-bond acceptors (Lipinski definition) is 5. The first-order valence-electron chi connectivity index (χ1n) is 13.7. The fourth-order valence-electron chi connectivity index (χ4n) is 6.11. The molecule has 0 radical (unpaired) electrons. The van der Waals surface area contributed by atoms with E-state index < -0.39 is 165 Å². The predicted molar refractivity (Wildman–Crippen MR) is 155 cm³/mol. The molecule has 0 unspecified atom stereocenters. The molecule has 0 N–H and O–H groups in total. The first-order chi connectivity index (χ1) is 24.4. The molecule has 18 heteroatoms. The first kappa shape index (κ1) is 36.7. The molecule has 0 saturated carbocycles. The SMILES string of the molecule is [C-]#[N+]C([N+]#[C-])=C1Cc2c(C#N)c3c(c(C#N)c2=C1c1c(F)c(F)c(C)c(F)c1F)CC(=C(C#N)C#N)C=3c1c(F)c(F)c(SC(F)(F)F)c(F)c1F. The summed E-state index contributed by atoms with van der Waals surface area (Å²) < 4.78 is 162. The summed E-state index contributed by atoms with van der Waals surface area (Å²) in [6.45, 7) is 15.6. The number of nitriles is 4. The van der Waals surface area contributed by atoms with Gasteiger partial charge in [0.1, 0.15) is 43.0 Å². The van der Waals surface area contributed by atoms with Gasteiger partial charge < -0.3 is 0 Å². The summed E-state index contributed by atoms with van der Waals surface area (Å²) in [7, 11) is 0. The largest absolute Gasteiger partial charge is 0.523 e. The van der Waals surface area contributed by atoms with Crippen LogP contribution in [0.15, 0.2) is 27.4 Å². The Morgan fingerprint density at radius 3 is 1.38 bits per heavy atom. The molecule has 3 aromatic carbocycles. The van der Waals surface area contributed by atoms with E-state index in [4.69, 9.17) is 13.1 Å². The zero-order valence-electron chi connectivity index (χ0n) is 25.2. The lowest BCUT2D eigenvalue weighted by atomic mass is 9.91. The highest BCUT2D eigenvalue weighted by Crippen LogP contribution is 2.45. The van der Waals surface area contributed by atoms with E-state index in [9.17, 15) is 43.0 Å². The zero-order chi connectivity index (χ0) is 38.7. The highest BCUT2D eigenvalue weighted by atomic mass is 32.2. The molecule has 5 rings (SSSR count). The van der Waals surface area contributed by atoms with Crippen molar-refractivity contribution in [3.05, 3.63) is 141 Å².